The normalized spacial score (nSPS) is 15.5. The standard InChI is InChI=1S/C29H32F3N3O3Si/c1-39(2,3)14-13-38-18-35-17-19(26(36)21-7-4-5-8-22(21)29(30,31)32)15-25(35)27-33-23-10-9-20(16-24(23)34-27)28(37)11-6-12-28/h4-5,7-10,15-17,37H,6,11-14,18H2,1-3H3,(H,33,34). The maximum atomic E-state index is 13.6. The Balaban J connectivity index is 1.51. The first-order valence-corrected chi connectivity index (χ1v) is 16.8. The van der Waals surface area contributed by atoms with E-state index in [1.165, 1.54) is 24.4 Å². The largest absolute Gasteiger partial charge is 0.417 e. The van der Waals surface area contributed by atoms with E-state index in [9.17, 15) is 23.1 Å². The maximum absolute atomic E-state index is 13.6. The molecule has 0 saturated heterocycles. The molecule has 0 atom stereocenters. The van der Waals surface area contributed by atoms with E-state index in [2.05, 4.69) is 29.6 Å². The van der Waals surface area contributed by atoms with Crippen LogP contribution in [0.5, 0.6) is 0 Å². The highest BCUT2D eigenvalue weighted by atomic mass is 28.3. The number of imidazole rings is 1. The third-order valence-corrected chi connectivity index (χ3v) is 9.01. The van der Waals surface area contributed by atoms with E-state index in [0.29, 0.717) is 36.5 Å². The summed E-state index contributed by atoms with van der Waals surface area (Å²) >= 11 is 0. The lowest BCUT2D eigenvalue weighted by atomic mass is 9.75. The number of nitrogens with one attached hydrogen (secondary N) is 1. The van der Waals surface area contributed by atoms with Gasteiger partial charge in [0.05, 0.1) is 27.9 Å². The first kappa shape index (κ1) is 27.4. The van der Waals surface area contributed by atoms with Gasteiger partial charge >= 0.3 is 6.18 Å². The van der Waals surface area contributed by atoms with Gasteiger partial charge in [0, 0.05) is 32.0 Å². The number of alkyl halides is 3. The molecule has 1 aliphatic carbocycles. The van der Waals surface area contributed by atoms with Crippen molar-refractivity contribution in [3.8, 4) is 11.5 Å². The second-order valence-electron chi connectivity index (χ2n) is 11.5. The van der Waals surface area contributed by atoms with Gasteiger partial charge in [-0.1, -0.05) is 43.9 Å². The Hall–Kier alpha value is -3.21. The molecular formula is C29H32F3N3O3Si. The lowest BCUT2D eigenvalue weighted by Crippen LogP contribution is -2.33. The fraction of sp³-hybridized carbons (Fsp3) is 0.379. The summed E-state index contributed by atoms with van der Waals surface area (Å²) in [4.78, 5) is 21.3. The van der Waals surface area contributed by atoms with Crippen molar-refractivity contribution < 1.29 is 27.8 Å². The predicted octanol–water partition coefficient (Wildman–Crippen LogP) is 6.97. The minimum Gasteiger partial charge on any atom is -0.385 e. The number of H-pyrrole nitrogens is 1. The molecule has 10 heteroatoms. The molecule has 6 nitrogen and oxygen atoms in total. The molecule has 0 aliphatic heterocycles. The van der Waals surface area contributed by atoms with Gasteiger partial charge in [-0.15, -0.1) is 0 Å². The van der Waals surface area contributed by atoms with E-state index in [4.69, 9.17) is 4.74 Å². The second-order valence-corrected chi connectivity index (χ2v) is 17.1. The number of aromatic nitrogens is 3. The summed E-state index contributed by atoms with van der Waals surface area (Å²) in [6, 6.07) is 12.9. The van der Waals surface area contributed by atoms with Gasteiger partial charge in [-0.25, -0.2) is 4.98 Å². The average Bonchev–Trinajstić information content (AvgIpc) is 3.47. The predicted molar refractivity (Wildman–Crippen MR) is 146 cm³/mol. The minimum absolute atomic E-state index is 0.112. The van der Waals surface area contributed by atoms with Gasteiger partial charge in [0.1, 0.15) is 6.73 Å². The number of ether oxygens (including phenoxy) is 1. The third-order valence-electron chi connectivity index (χ3n) is 7.31. The number of aliphatic hydroxyl groups is 1. The fourth-order valence-electron chi connectivity index (χ4n) is 4.79. The number of benzene rings is 2. The molecule has 0 spiro atoms. The van der Waals surface area contributed by atoms with Crippen LogP contribution in [0.25, 0.3) is 22.6 Å². The SMILES string of the molecule is C[Si](C)(C)CCOCn1cc(C(=O)c2ccccc2C(F)(F)F)cc1-c1nc2ccc(C3(O)CCC3)cc2[nH]1. The second kappa shape index (κ2) is 10.1. The molecule has 206 valence electrons. The Labute approximate surface area is 225 Å². The lowest BCUT2D eigenvalue weighted by Gasteiger charge is -2.37. The van der Waals surface area contributed by atoms with Gasteiger partial charge < -0.3 is 19.4 Å². The Bertz CT molecular complexity index is 1510. The van der Waals surface area contributed by atoms with Crippen LogP contribution in [0.15, 0.2) is 54.7 Å². The highest BCUT2D eigenvalue weighted by Gasteiger charge is 2.37. The summed E-state index contributed by atoms with van der Waals surface area (Å²) in [5.41, 5.74) is 0.662. The van der Waals surface area contributed by atoms with Crippen molar-refractivity contribution in [2.24, 2.45) is 0 Å². The van der Waals surface area contributed by atoms with Crippen LogP contribution < -0.4 is 0 Å². The molecule has 0 bridgehead atoms. The number of hydrogen-bond donors (Lipinski definition) is 2. The molecule has 1 fully saturated rings. The number of aromatic amines is 1. The molecule has 39 heavy (non-hydrogen) atoms. The van der Waals surface area contributed by atoms with Crippen molar-refractivity contribution in [1.29, 1.82) is 0 Å². The van der Waals surface area contributed by atoms with Crippen molar-refractivity contribution in [3.05, 3.63) is 77.0 Å². The van der Waals surface area contributed by atoms with Crippen LogP contribution in [-0.2, 0) is 23.2 Å². The Morgan fingerprint density at radius 2 is 1.90 bits per heavy atom. The van der Waals surface area contributed by atoms with E-state index in [1.54, 1.807) is 10.6 Å². The molecule has 2 N–H and O–H groups in total. The first-order valence-electron chi connectivity index (χ1n) is 13.1. The minimum atomic E-state index is -4.65. The molecule has 0 unspecified atom stereocenters. The molecule has 1 aliphatic rings. The van der Waals surface area contributed by atoms with Crippen molar-refractivity contribution in [2.45, 2.75) is 63.5 Å². The van der Waals surface area contributed by atoms with Gasteiger partial charge in [-0.3, -0.25) is 4.79 Å². The number of fused-ring (bicyclic) bond motifs is 1. The molecule has 4 aromatic rings. The molecule has 2 heterocycles. The molecule has 1 saturated carbocycles. The van der Waals surface area contributed by atoms with Crippen molar-refractivity contribution in [3.63, 3.8) is 0 Å². The van der Waals surface area contributed by atoms with E-state index < -0.39 is 36.8 Å². The van der Waals surface area contributed by atoms with Crippen molar-refractivity contribution in [2.75, 3.05) is 6.61 Å². The number of nitrogens with zero attached hydrogens (tertiary/aromatic N) is 2. The zero-order valence-corrected chi connectivity index (χ0v) is 23.2. The molecule has 2 aromatic heterocycles. The molecule has 0 radical (unpaired) electrons. The number of carbonyl (C=O) groups is 1. The van der Waals surface area contributed by atoms with Gasteiger partial charge in [0.25, 0.3) is 0 Å². The monoisotopic (exact) mass is 555 g/mol. The average molecular weight is 556 g/mol. The van der Waals surface area contributed by atoms with Crippen LogP contribution in [-0.4, -0.2) is 40.1 Å². The van der Waals surface area contributed by atoms with Crippen LogP contribution in [0.3, 0.4) is 0 Å². The third kappa shape index (κ3) is 5.73. The van der Waals surface area contributed by atoms with E-state index in [0.717, 1.165) is 29.6 Å². The Kier molecular flexibility index (Phi) is 7.07. The number of ketones is 1. The Morgan fingerprint density at radius 1 is 1.15 bits per heavy atom. The van der Waals surface area contributed by atoms with E-state index in [-0.39, 0.29) is 12.3 Å². The zero-order chi connectivity index (χ0) is 28.0. The van der Waals surface area contributed by atoms with Crippen LogP contribution >= 0.6 is 0 Å². The zero-order valence-electron chi connectivity index (χ0n) is 22.2. The maximum Gasteiger partial charge on any atom is 0.417 e. The molecule has 2 aromatic carbocycles. The number of halogens is 3. The fourth-order valence-corrected chi connectivity index (χ4v) is 5.54. The van der Waals surface area contributed by atoms with E-state index >= 15 is 0 Å². The summed E-state index contributed by atoms with van der Waals surface area (Å²) in [5.74, 6) is -0.268. The van der Waals surface area contributed by atoms with Crippen LogP contribution in [0, 0.1) is 0 Å². The number of carbonyl (C=O) groups excluding carboxylic acids is 1. The number of rotatable bonds is 9. The molecular weight excluding hydrogens is 523 g/mol. The van der Waals surface area contributed by atoms with Gasteiger partial charge in [-0.05, 0) is 55.1 Å². The summed E-state index contributed by atoms with van der Waals surface area (Å²) in [6.45, 7) is 7.39. The van der Waals surface area contributed by atoms with Gasteiger partial charge in [0.2, 0.25) is 0 Å². The Morgan fingerprint density at radius 3 is 2.56 bits per heavy atom. The van der Waals surface area contributed by atoms with Crippen LogP contribution in [0.4, 0.5) is 13.2 Å². The molecule has 5 rings (SSSR count). The van der Waals surface area contributed by atoms with Gasteiger partial charge in [0.15, 0.2) is 11.6 Å². The quantitative estimate of drug-likeness (QED) is 0.133. The number of hydrogen-bond acceptors (Lipinski definition) is 4. The lowest BCUT2D eigenvalue weighted by molar-refractivity contribution is -0.137. The summed E-state index contributed by atoms with van der Waals surface area (Å²) < 4.78 is 48.5. The summed E-state index contributed by atoms with van der Waals surface area (Å²) in [5, 5.41) is 10.8. The highest BCUT2D eigenvalue weighted by molar-refractivity contribution is 6.76. The highest BCUT2D eigenvalue weighted by Crippen LogP contribution is 2.42. The van der Waals surface area contributed by atoms with Crippen LogP contribution in [0.2, 0.25) is 25.7 Å². The summed E-state index contributed by atoms with van der Waals surface area (Å²) in [7, 11) is -1.33. The van der Waals surface area contributed by atoms with Crippen LogP contribution in [0.1, 0.15) is 46.3 Å². The van der Waals surface area contributed by atoms with Gasteiger partial charge in [-0.2, -0.15) is 13.2 Å². The first-order chi connectivity index (χ1) is 18.3. The summed E-state index contributed by atoms with van der Waals surface area (Å²) in [6.07, 6.45) is -0.736. The molecule has 0 amide bonds. The topological polar surface area (TPSA) is 80.1 Å². The smallest absolute Gasteiger partial charge is 0.385 e. The van der Waals surface area contributed by atoms with Crippen molar-refractivity contribution >= 4 is 24.9 Å². The van der Waals surface area contributed by atoms with E-state index in [1.807, 2.05) is 18.2 Å². The van der Waals surface area contributed by atoms with Crippen molar-refractivity contribution in [1.82, 2.24) is 14.5 Å².